The number of nitrogens with two attached hydrogens (primary N) is 1. The lowest BCUT2D eigenvalue weighted by Gasteiger charge is -2.37. The van der Waals surface area contributed by atoms with E-state index in [-0.39, 0.29) is 18.2 Å². The maximum atomic E-state index is 12.7. The topological polar surface area (TPSA) is 99.2 Å². The van der Waals surface area contributed by atoms with E-state index < -0.39 is 16.9 Å². The van der Waals surface area contributed by atoms with Gasteiger partial charge in [0, 0.05) is 24.9 Å². The lowest BCUT2D eigenvalue weighted by Crippen LogP contribution is -2.54. The second-order valence-electron chi connectivity index (χ2n) is 7.22. The van der Waals surface area contributed by atoms with E-state index in [2.05, 4.69) is 11.4 Å². The van der Waals surface area contributed by atoms with Crippen molar-refractivity contribution < 1.29 is 9.59 Å². The smallest absolute Gasteiger partial charge is 0.223 e. The van der Waals surface area contributed by atoms with E-state index in [0.717, 1.165) is 6.54 Å². The molecule has 0 aromatic rings. The average Bonchev–Trinajstić information content (AvgIpc) is 2.91. The molecule has 6 heteroatoms. The van der Waals surface area contributed by atoms with Gasteiger partial charge >= 0.3 is 0 Å². The molecule has 1 atom stereocenters. The molecular formula is C16H28N4O2. The van der Waals surface area contributed by atoms with Crippen molar-refractivity contribution in [3.8, 4) is 6.07 Å². The summed E-state index contributed by atoms with van der Waals surface area (Å²) in [5.41, 5.74) is 3.88. The summed E-state index contributed by atoms with van der Waals surface area (Å²) in [6.45, 7) is 9.33. The van der Waals surface area contributed by atoms with Gasteiger partial charge in [-0.05, 0) is 25.3 Å². The molecular weight excluding hydrogens is 280 g/mol. The first-order valence-corrected chi connectivity index (χ1v) is 7.87. The molecule has 1 heterocycles. The van der Waals surface area contributed by atoms with Gasteiger partial charge in [0.25, 0.3) is 0 Å². The van der Waals surface area contributed by atoms with Gasteiger partial charge in [0.05, 0.1) is 6.07 Å². The second-order valence-corrected chi connectivity index (χ2v) is 7.22. The molecule has 22 heavy (non-hydrogen) atoms. The monoisotopic (exact) mass is 308 g/mol. The minimum atomic E-state index is -0.766. The fraction of sp³-hybridized carbons (Fsp3) is 0.812. The molecule has 2 amide bonds. The van der Waals surface area contributed by atoms with Gasteiger partial charge in [0.1, 0.15) is 5.54 Å². The molecule has 1 rings (SSSR count). The number of rotatable bonds is 7. The minimum Gasteiger partial charge on any atom is -0.369 e. The number of carbonyl (C=O) groups is 2. The van der Waals surface area contributed by atoms with Crippen molar-refractivity contribution in [1.29, 1.82) is 5.26 Å². The number of nitrogens with zero attached hydrogens (tertiary/aromatic N) is 2. The zero-order valence-corrected chi connectivity index (χ0v) is 14.1. The van der Waals surface area contributed by atoms with Gasteiger partial charge in [0.2, 0.25) is 11.8 Å². The fourth-order valence-corrected chi connectivity index (χ4v) is 2.62. The van der Waals surface area contributed by atoms with Crippen molar-refractivity contribution in [2.75, 3.05) is 19.6 Å². The molecule has 1 aliphatic rings. The number of amides is 2. The van der Waals surface area contributed by atoms with E-state index in [9.17, 15) is 14.9 Å². The van der Waals surface area contributed by atoms with Crippen LogP contribution in [0.25, 0.3) is 0 Å². The largest absolute Gasteiger partial charge is 0.369 e. The third kappa shape index (κ3) is 4.20. The average molecular weight is 308 g/mol. The first kappa shape index (κ1) is 18.4. The van der Waals surface area contributed by atoms with Crippen LogP contribution in [0.2, 0.25) is 0 Å². The third-order valence-corrected chi connectivity index (χ3v) is 4.34. The van der Waals surface area contributed by atoms with Gasteiger partial charge in [-0.15, -0.1) is 0 Å². The lowest BCUT2D eigenvalue weighted by molar-refractivity contribution is -0.137. The van der Waals surface area contributed by atoms with E-state index in [1.54, 1.807) is 18.7 Å². The second kappa shape index (κ2) is 7.10. The highest BCUT2D eigenvalue weighted by molar-refractivity contribution is 5.82. The zero-order chi connectivity index (χ0) is 17.0. The van der Waals surface area contributed by atoms with Crippen molar-refractivity contribution in [2.45, 2.75) is 52.5 Å². The van der Waals surface area contributed by atoms with Crippen LogP contribution in [0, 0.1) is 22.7 Å². The summed E-state index contributed by atoms with van der Waals surface area (Å²) >= 11 is 0. The number of hydrogen-bond donors (Lipinski definition) is 2. The number of hydrogen-bond acceptors (Lipinski definition) is 4. The number of nitrogens with one attached hydrogen (secondary N) is 1. The zero-order valence-electron chi connectivity index (χ0n) is 14.1. The van der Waals surface area contributed by atoms with E-state index in [1.807, 2.05) is 13.8 Å². The Morgan fingerprint density at radius 1 is 1.45 bits per heavy atom. The Hall–Kier alpha value is -1.61. The highest BCUT2D eigenvalue weighted by atomic mass is 16.2. The summed E-state index contributed by atoms with van der Waals surface area (Å²) in [5.74, 6) is -0.208. The predicted octanol–water partition coefficient (Wildman–Crippen LogP) is 1.02. The Morgan fingerprint density at radius 3 is 2.50 bits per heavy atom. The SMILES string of the molecule is CC(C)CN(C(=O)CCC(C)(C)C(N)=O)C1(C#N)CCNC1. The van der Waals surface area contributed by atoms with Crippen LogP contribution in [0.3, 0.4) is 0 Å². The molecule has 3 N–H and O–H groups in total. The van der Waals surface area contributed by atoms with Crippen LogP contribution >= 0.6 is 0 Å². The standard InChI is InChI=1S/C16H28N4O2/c1-12(2)9-20(16(10-17)7-8-19-11-16)13(21)5-6-15(3,4)14(18)22/h12,19H,5-9,11H2,1-4H3,(H2,18,22). The number of nitriles is 1. The van der Waals surface area contributed by atoms with Crippen LogP contribution in [0.4, 0.5) is 0 Å². The molecule has 0 bridgehead atoms. The number of carbonyl (C=O) groups excluding carboxylic acids is 2. The van der Waals surface area contributed by atoms with E-state index in [0.29, 0.717) is 25.9 Å². The Labute approximate surface area is 133 Å². The van der Waals surface area contributed by atoms with Crippen LogP contribution < -0.4 is 11.1 Å². The van der Waals surface area contributed by atoms with Gasteiger partial charge < -0.3 is 16.0 Å². The van der Waals surface area contributed by atoms with Gasteiger partial charge in [-0.25, -0.2) is 0 Å². The van der Waals surface area contributed by atoms with Gasteiger partial charge in [-0.1, -0.05) is 27.7 Å². The Kier molecular flexibility index (Phi) is 5.95. The van der Waals surface area contributed by atoms with Crippen LogP contribution in [-0.2, 0) is 9.59 Å². The highest BCUT2D eigenvalue weighted by Crippen LogP contribution is 2.27. The summed E-state index contributed by atoms with van der Waals surface area (Å²) in [4.78, 5) is 25.8. The Bertz CT molecular complexity index is 459. The summed E-state index contributed by atoms with van der Waals surface area (Å²) in [7, 11) is 0. The highest BCUT2D eigenvalue weighted by Gasteiger charge is 2.43. The molecule has 0 radical (unpaired) electrons. The molecule has 124 valence electrons. The van der Waals surface area contributed by atoms with Crippen molar-refractivity contribution in [3.63, 3.8) is 0 Å². The van der Waals surface area contributed by atoms with E-state index in [1.165, 1.54) is 0 Å². The molecule has 1 saturated heterocycles. The van der Waals surface area contributed by atoms with Crippen molar-refractivity contribution in [3.05, 3.63) is 0 Å². The molecule has 0 saturated carbocycles. The van der Waals surface area contributed by atoms with Gasteiger partial charge in [-0.3, -0.25) is 9.59 Å². The molecule has 1 unspecified atom stereocenters. The summed E-state index contributed by atoms with van der Waals surface area (Å²) in [5, 5.41) is 12.8. The minimum absolute atomic E-state index is 0.0757. The van der Waals surface area contributed by atoms with Gasteiger partial charge in [0.15, 0.2) is 0 Å². The van der Waals surface area contributed by atoms with Crippen LogP contribution in [0.5, 0.6) is 0 Å². The summed E-state index contributed by atoms with van der Waals surface area (Å²) in [6.07, 6.45) is 1.26. The summed E-state index contributed by atoms with van der Waals surface area (Å²) < 4.78 is 0. The third-order valence-electron chi connectivity index (χ3n) is 4.34. The van der Waals surface area contributed by atoms with Crippen LogP contribution in [0.15, 0.2) is 0 Å². The molecule has 0 aromatic carbocycles. The van der Waals surface area contributed by atoms with E-state index >= 15 is 0 Å². The maximum Gasteiger partial charge on any atom is 0.223 e. The van der Waals surface area contributed by atoms with E-state index in [4.69, 9.17) is 5.73 Å². The maximum absolute atomic E-state index is 12.7. The normalized spacial score (nSPS) is 21.6. The molecule has 0 aromatic heterocycles. The molecule has 1 fully saturated rings. The molecule has 1 aliphatic heterocycles. The van der Waals surface area contributed by atoms with Crippen molar-refractivity contribution in [1.82, 2.24) is 10.2 Å². The quantitative estimate of drug-likeness (QED) is 0.733. The fourth-order valence-electron chi connectivity index (χ4n) is 2.62. The van der Waals surface area contributed by atoms with Crippen LogP contribution in [-0.4, -0.2) is 41.9 Å². The molecule has 6 nitrogen and oxygen atoms in total. The predicted molar refractivity (Wildman–Crippen MR) is 84.6 cm³/mol. The molecule has 0 aliphatic carbocycles. The number of primary amides is 1. The van der Waals surface area contributed by atoms with Crippen molar-refractivity contribution in [2.24, 2.45) is 17.1 Å². The first-order chi connectivity index (χ1) is 10.1. The summed E-state index contributed by atoms with van der Waals surface area (Å²) in [6, 6.07) is 2.33. The Morgan fingerprint density at radius 2 is 2.09 bits per heavy atom. The first-order valence-electron chi connectivity index (χ1n) is 7.87. The van der Waals surface area contributed by atoms with Crippen LogP contribution in [0.1, 0.15) is 47.0 Å². The van der Waals surface area contributed by atoms with Gasteiger partial charge in [-0.2, -0.15) is 5.26 Å². The Balaban J connectivity index is 2.86. The van der Waals surface area contributed by atoms with Crippen molar-refractivity contribution >= 4 is 11.8 Å². The molecule has 0 spiro atoms. The lowest BCUT2D eigenvalue weighted by atomic mass is 9.86.